The fraction of sp³-hybridized carbons (Fsp3) is 0.469. The van der Waals surface area contributed by atoms with Crippen molar-refractivity contribution >= 4 is 10.9 Å². The Hall–Kier alpha value is -2.85. The molecule has 0 N–H and O–H groups in total. The van der Waals surface area contributed by atoms with E-state index in [0.29, 0.717) is 29.7 Å². The second-order valence-electron chi connectivity index (χ2n) is 11.1. The molecule has 0 spiro atoms. The average molecular weight is 485 g/mol. The topological polar surface area (TPSA) is 34.6 Å². The van der Waals surface area contributed by atoms with E-state index in [1.165, 1.54) is 23.1 Å². The maximum atomic E-state index is 7.29. The van der Waals surface area contributed by atoms with Gasteiger partial charge in [0.1, 0.15) is 17.6 Å². The molecule has 0 amide bonds. The summed E-state index contributed by atoms with van der Waals surface area (Å²) in [6, 6.07) is 15.3. The predicted octanol–water partition coefficient (Wildman–Crippen LogP) is 7.51. The third-order valence-electron chi connectivity index (χ3n) is 8.36. The summed E-state index contributed by atoms with van der Waals surface area (Å²) in [5.41, 5.74) is 4.73. The Labute approximate surface area is 216 Å². The molecule has 2 aromatic carbocycles. The van der Waals surface area contributed by atoms with E-state index in [4.69, 9.17) is 9.47 Å². The zero-order valence-electron chi connectivity index (χ0n) is 22.4. The SMILES string of the molecule is C=C[C@H]1CN2CC[C@H]1C[C@@H]2[C@@H](Oc1c(C(C)C)cccc1C(C)C)c1ccnc2ccc(OC)cc12. The van der Waals surface area contributed by atoms with Crippen molar-refractivity contribution in [2.24, 2.45) is 11.8 Å². The van der Waals surface area contributed by atoms with Crippen molar-refractivity contribution in [1.82, 2.24) is 9.88 Å². The van der Waals surface area contributed by atoms with Crippen LogP contribution in [-0.2, 0) is 0 Å². The molecule has 190 valence electrons. The van der Waals surface area contributed by atoms with E-state index in [1.54, 1.807) is 7.11 Å². The highest BCUT2D eigenvalue weighted by Crippen LogP contribution is 2.46. The summed E-state index contributed by atoms with van der Waals surface area (Å²) in [6.45, 7) is 15.4. The van der Waals surface area contributed by atoms with E-state index in [9.17, 15) is 0 Å². The van der Waals surface area contributed by atoms with E-state index >= 15 is 0 Å². The molecule has 0 aliphatic carbocycles. The van der Waals surface area contributed by atoms with E-state index in [1.807, 2.05) is 12.3 Å². The first-order chi connectivity index (χ1) is 17.4. The van der Waals surface area contributed by atoms with Gasteiger partial charge in [-0.3, -0.25) is 9.88 Å². The smallest absolute Gasteiger partial charge is 0.140 e. The van der Waals surface area contributed by atoms with Crippen LogP contribution in [0, 0.1) is 11.8 Å². The highest BCUT2D eigenvalue weighted by Gasteiger charge is 2.44. The number of pyridine rings is 1. The average Bonchev–Trinajstić information content (AvgIpc) is 2.91. The lowest BCUT2D eigenvalue weighted by molar-refractivity contribution is -0.0362. The van der Waals surface area contributed by atoms with Crippen LogP contribution < -0.4 is 9.47 Å². The molecular weight excluding hydrogens is 444 g/mol. The second kappa shape index (κ2) is 10.3. The van der Waals surface area contributed by atoms with Crippen LogP contribution >= 0.6 is 0 Å². The van der Waals surface area contributed by atoms with Gasteiger partial charge in [-0.1, -0.05) is 52.0 Å². The lowest BCUT2D eigenvalue weighted by atomic mass is 9.73. The zero-order chi connectivity index (χ0) is 25.4. The summed E-state index contributed by atoms with van der Waals surface area (Å²) in [5.74, 6) is 3.89. The molecule has 3 aliphatic rings. The number of aromatic nitrogens is 1. The number of methoxy groups -OCH3 is 1. The number of fused-ring (bicyclic) bond motifs is 4. The predicted molar refractivity (Wildman–Crippen MR) is 148 cm³/mol. The van der Waals surface area contributed by atoms with Crippen molar-refractivity contribution in [2.45, 2.75) is 64.5 Å². The summed E-state index contributed by atoms with van der Waals surface area (Å²) in [7, 11) is 1.72. The van der Waals surface area contributed by atoms with Gasteiger partial charge in [0, 0.05) is 23.7 Å². The summed E-state index contributed by atoms with van der Waals surface area (Å²) in [5, 5.41) is 1.11. The van der Waals surface area contributed by atoms with Crippen LogP contribution in [0.3, 0.4) is 0 Å². The summed E-state index contributed by atoms with van der Waals surface area (Å²) < 4.78 is 12.9. The molecular formula is C32H40N2O2. The van der Waals surface area contributed by atoms with E-state index < -0.39 is 0 Å². The van der Waals surface area contributed by atoms with Crippen LogP contribution in [0.25, 0.3) is 10.9 Å². The Balaban J connectivity index is 1.67. The Morgan fingerprint density at radius 2 is 1.78 bits per heavy atom. The fourth-order valence-corrected chi connectivity index (χ4v) is 6.31. The summed E-state index contributed by atoms with van der Waals surface area (Å²) >= 11 is 0. The number of rotatable bonds is 8. The second-order valence-corrected chi connectivity index (χ2v) is 11.1. The molecule has 36 heavy (non-hydrogen) atoms. The van der Waals surface area contributed by atoms with Crippen LogP contribution in [0.1, 0.15) is 75.2 Å². The Morgan fingerprint density at radius 1 is 1.03 bits per heavy atom. The van der Waals surface area contributed by atoms with Crippen molar-refractivity contribution in [3.63, 3.8) is 0 Å². The standard InChI is InChI=1S/C32H40N2O2/c1-7-22-19-34-16-14-23(22)17-30(34)32(27-13-15-33-29-12-11-24(35-6)18-28(27)29)36-31-25(20(2)3)9-8-10-26(31)21(4)5/h7-13,15,18,20-23,30,32H,1,14,16-17,19H2,2-6H3/t22-,23-,30+,32-/m0/s1. The number of nitrogens with zero attached hydrogens (tertiary/aromatic N) is 2. The number of piperidine rings is 3. The molecule has 1 aromatic heterocycles. The van der Waals surface area contributed by atoms with Crippen LogP contribution in [0.5, 0.6) is 11.5 Å². The maximum absolute atomic E-state index is 7.29. The van der Waals surface area contributed by atoms with Crippen LogP contribution in [0.2, 0.25) is 0 Å². The summed E-state index contributed by atoms with van der Waals surface area (Å²) in [4.78, 5) is 7.33. The Morgan fingerprint density at radius 3 is 2.39 bits per heavy atom. The lowest BCUT2D eigenvalue weighted by Gasteiger charge is -2.51. The van der Waals surface area contributed by atoms with E-state index in [-0.39, 0.29) is 6.10 Å². The molecule has 1 unspecified atom stereocenters. The molecule has 5 atom stereocenters. The maximum Gasteiger partial charge on any atom is 0.140 e. The minimum atomic E-state index is -0.103. The first-order valence-corrected chi connectivity index (χ1v) is 13.5. The van der Waals surface area contributed by atoms with Crippen molar-refractivity contribution in [1.29, 1.82) is 0 Å². The largest absolute Gasteiger partial charge is 0.497 e. The lowest BCUT2D eigenvalue weighted by Crippen LogP contribution is -2.55. The molecule has 0 saturated carbocycles. The van der Waals surface area contributed by atoms with Crippen molar-refractivity contribution in [2.75, 3.05) is 20.2 Å². The van der Waals surface area contributed by atoms with Gasteiger partial charge < -0.3 is 9.47 Å². The van der Waals surface area contributed by atoms with Crippen LogP contribution in [0.15, 0.2) is 61.3 Å². The zero-order valence-corrected chi connectivity index (χ0v) is 22.4. The van der Waals surface area contributed by atoms with Gasteiger partial charge in [-0.15, -0.1) is 6.58 Å². The van der Waals surface area contributed by atoms with E-state index in [2.05, 4.69) is 86.6 Å². The monoisotopic (exact) mass is 484 g/mol. The Bertz CT molecular complexity index is 1210. The van der Waals surface area contributed by atoms with Crippen molar-refractivity contribution in [3.8, 4) is 11.5 Å². The molecule has 0 radical (unpaired) electrons. The molecule has 6 rings (SSSR count). The quantitative estimate of drug-likeness (QED) is 0.310. The molecule has 2 bridgehead atoms. The molecule has 4 heteroatoms. The minimum absolute atomic E-state index is 0.103. The van der Waals surface area contributed by atoms with Gasteiger partial charge >= 0.3 is 0 Å². The van der Waals surface area contributed by atoms with Gasteiger partial charge in [0.05, 0.1) is 18.7 Å². The molecule has 4 heterocycles. The highest BCUT2D eigenvalue weighted by atomic mass is 16.5. The van der Waals surface area contributed by atoms with Gasteiger partial charge in [-0.2, -0.15) is 0 Å². The normalized spacial score (nSPS) is 24.3. The summed E-state index contributed by atoms with van der Waals surface area (Å²) in [6.07, 6.45) is 6.36. The fourth-order valence-electron chi connectivity index (χ4n) is 6.31. The molecule has 4 nitrogen and oxygen atoms in total. The van der Waals surface area contributed by atoms with Gasteiger partial charge in [-0.25, -0.2) is 0 Å². The van der Waals surface area contributed by atoms with Crippen LogP contribution in [-0.4, -0.2) is 36.1 Å². The number of para-hydroxylation sites is 1. The molecule has 3 aliphatic heterocycles. The molecule has 3 fully saturated rings. The number of ether oxygens (including phenoxy) is 2. The molecule has 3 aromatic rings. The van der Waals surface area contributed by atoms with Crippen LogP contribution in [0.4, 0.5) is 0 Å². The van der Waals surface area contributed by atoms with Gasteiger partial charge in [0.25, 0.3) is 0 Å². The Kier molecular flexibility index (Phi) is 7.07. The molecule has 3 saturated heterocycles. The minimum Gasteiger partial charge on any atom is -0.497 e. The third-order valence-corrected chi connectivity index (χ3v) is 8.36. The highest BCUT2D eigenvalue weighted by molar-refractivity contribution is 5.84. The number of hydrogen-bond acceptors (Lipinski definition) is 4. The van der Waals surface area contributed by atoms with Gasteiger partial charge in [0.15, 0.2) is 0 Å². The first kappa shape index (κ1) is 24.8. The first-order valence-electron chi connectivity index (χ1n) is 13.5. The van der Waals surface area contributed by atoms with Gasteiger partial charge in [0.2, 0.25) is 0 Å². The van der Waals surface area contributed by atoms with Crippen molar-refractivity contribution < 1.29 is 9.47 Å². The van der Waals surface area contributed by atoms with Crippen molar-refractivity contribution in [3.05, 3.63) is 78.0 Å². The number of hydrogen-bond donors (Lipinski definition) is 0. The third kappa shape index (κ3) is 4.52. The van der Waals surface area contributed by atoms with Gasteiger partial charge in [-0.05, 0) is 78.5 Å². The van der Waals surface area contributed by atoms with E-state index in [0.717, 1.165) is 41.9 Å². The number of benzene rings is 2.